The maximum Gasteiger partial charge on any atom is 0.216 e. The van der Waals surface area contributed by atoms with Crippen molar-refractivity contribution >= 4 is 34.0 Å². The first kappa shape index (κ1) is 27.5. The average molecular weight is 601 g/mol. The molecule has 42 heavy (non-hydrogen) atoms. The highest BCUT2D eigenvalue weighted by molar-refractivity contribution is 7.15. The maximum atomic E-state index is 6.31. The zero-order valence-electron chi connectivity index (χ0n) is 23.6. The zero-order valence-corrected chi connectivity index (χ0v) is 25.2. The summed E-state index contributed by atoms with van der Waals surface area (Å²) in [7, 11) is 0. The highest BCUT2D eigenvalue weighted by atomic mass is 35.5. The Morgan fingerprint density at radius 2 is 1.86 bits per heavy atom. The van der Waals surface area contributed by atoms with Gasteiger partial charge >= 0.3 is 0 Å². The van der Waals surface area contributed by atoms with E-state index in [0.717, 1.165) is 84.8 Å². The molecule has 5 aromatic rings. The molecule has 0 amide bonds. The van der Waals surface area contributed by atoms with Crippen molar-refractivity contribution in [3.8, 4) is 16.3 Å². The number of ether oxygens (including phenoxy) is 2. The van der Waals surface area contributed by atoms with Crippen LogP contribution in [0.5, 0.6) is 5.88 Å². The molecule has 5 heterocycles. The molecule has 2 aromatic carbocycles. The molecule has 0 N–H and O–H groups in total. The molecule has 2 fully saturated rings. The van der Waals surface area contributed by atoms with E-state index in [0.29, 0.717) is 12.3 Å². The fourth-order valence-electron chi connectivity index (χ4n) is 5.66. The maximum absolute atomic E-state index is 6.31. The molecule has 0 aliphatic carbocycles. The molecule has 2 saturated heterocycles. The molecular formula is C32H33ClN6O2S. The summed E-state index contributed by atoms with van der Waals surface area (Å²) in [6.45, 7) is 6.44. The minimum absolute atomic E-state index is 0.132. The lowest BCUT2D eigenvalue weighted by Gasteiger charge is -2.32. The Kier molecular flexibility index (Phi) is 7.90. The Morgan fingerprint density at radius 3 is 2.60 bits per heavy atom. The number of rotatable bonds is 9. The van der Waals surface area contributed by atoms with Crippen LogP contribution in [0.3, 0.4) is 0 Å². The van der Waals surface area contributed by atoms with Crippen molar-refractivity contribution in [2.75, 3.05) is 19.7 Å². The lowest BCUT2D eigenvalue weighted by atomic mass is 10.1. The molecule has 2 aliphatic rings. The molecule has 3 aromatic heterocycles. The van der Waals surface area contributed by atoms with Crippen LogP contribution in [0.2, 0.25) is 5.02 Å². The van der Waals surface area contributed by atoms with Gasteiger partial charge in [0.05, 0.1) is 40.1 Å². The number of aryl methyl sites for hydroxylation is 1. The van der Waals surface area contributed by atoms with E-state index in [2.05, 4.69) is 42.6 Å². The first-order valence-corrected chi connectivity index (χ1v) is 15.7. The van der Waals surface area contributed by atoms with Gasteiger partial charge in [-0.1, -0.05) is 29.8 Å². The van der Waals surface area contributed by atoms with Crippen molar-refractivity contribution in [2.45, 2.75) is 57.9 Å². The SMILES string of the molecule is Cc1ncc(-c2ccc3c(c2)nc(CN2CCC(Oc4ccnc(Cc5ccc(Cl)cc5)n4)CC2)n3C[C@@H]2CCO2)s1. The monoisotopic (exact) mass is 600 g/mol. The summed E-state index contributed by atoms with van der Waals surface area (Å²) in [5.74, 6) is 2.48. The molecular weight excluding hydrogens is 568 g/mol. The van der Waals surface area contributed by atoms with Gasteiger partial charge in [-0.05, 0) is 61.6 Å². The van der Waals surface area contributed by atoms with Gasteiger partial charge in [0.15, 0.2) is 0 Å². The van der Waals surface area contributed by atoms with Gasteiger partial charge < -0.3 is 14.0 Å². The number of nitrogens with zero attached hydrogens (tertiary/aromatic N) is 6. The normalized spacial score (nSPS) is 17.9. The average Bonchev–Trinajstić information content (AvgIpc) is 3.55. The summed E-state index contributed by atoms with van der Waals surface area (Å²) in [6, 6.07) is 16.2. The fraction of sp³-hybridized carbons (Fsp3) is 0.375. The Hall–Kier alpha value is -3.37. The number of likely N-dealkylation sites (tertiary alicyclic amines) is 1. The van der Waals surface area contributed by atoms with E-state index in [4.69, 9.17) is 26.1 Å². The smallest absolute Gasteiger partial charge is 0.216 e. The largest absolute Gasteiger partial charge is 0.474 e. The van der Waals surface area contributed by atoms with Gasteiger partial charge in [0.2, 0.25) is 5.88 Å². The number of thiazole rings is 1. The van der Waals surface area contributed by atoms with Gasteiger partial charge in [0, 0.05) is 49.6 Å². The third-order valence-corrected chi connectivity index (χ3v) is 9.27. The van der Waals surface area contributed by atoms with Gasteiger partial charge in [-0.3, -0.25) is 4.90 Å². The highest BCUT2D eigenvalue weighted by Crippen LogP contribution is 2.30. The molecule has 0 radical (unpaired) electrons. The molecule has 7 rings (SSSR count). The summed E-state index contributed by atoms with van der Waals surface area (Å²) in [4.78, 5) is 22.3. The molecule has 8 nitrogen and oxygen atoms in total. The Balaban J connectivity index is 1.01. The van der Waals surface area contributed by atoms with Crippen LogP contribution in [-0.4, -0.2) is 61.3 Å². The predicted octanol–water partition coefficient (Wildman–Crippen LogP) is 6.33. The molecule has 10 heteroatoms. The minimum atomic E-state index is 0.132. The van der Waals surface area contributed by atoms with Crippen LogP contribution < -0.4 is 4.74 Å². The molecule has 0 unspecified atom stereocenters. The quantitative estimate of drug-likeness (QED) is 0.195. The Morgan fingerprint density at radius 1 is 1.02 bits per heavy atom. The van der Waals surface area contributed by atoms with Gasteiger partial charge in [-0.2, -0.15) is 4.98 Å². The molecule has 1 atom stereocenters. The van der Waals surface area contributed by atoms with Crippen LogP contribution >= 0.6 is 22.9 Å². The zero-order chi connectivity index (χ0) is 28.5. The van der Waals surface area contributed by atoms with Crippen LogP contribution in [0.4, 0.5) is 0 Å². The van der Waals surface area contributed by atoms with Crippen molar-refractivity contribution in [3.05, 3.63) is 88.2 Å². The Bertz CT molecular complexity index is 1670. The first-order valence-electron chi connectivity index (χ1n) is 14.5. The third kappa shape index (κ3) is 6.20. The van der Waals surface area contributed by atoms with E-state index in [1.165, 1.54) is 16.0 Å². The number of piperidine rings is 1. The van der Waals surface area contributed by atoms with Crippen molar-refractivity contribution in [3.63, 3.8) is 0 Å². The second-order valence-electron chi connectivity index (χ2n) is 11.1. The van der Waals surface area contributed by atoms with Crippen molar-refractivity contribution in [1.29, 1.82) is 0 Å². The van der Waals surface area contributed by atoms with E-state index in [1.54, 1.807) is 17.5 Å². The van der Waals surface area contributed by atoms with Crippen LogP contribution in [0, 0.1) is 6.92 Å². The lowest BCUT2D eigenvalue weighted by molar-refractivity contribution is -0.0592. The lowest BCUT2D eigenvalue weighted by Crippen LogP contribution is -2.39. The summed E-state index contributed by atoms with van der Waals surface area (Å²) >= 11 is 7.74. The minimum Gasteiger partial charge on any atom is -0.474 e. The third-order valence-electron chi connectivity index (χ3n) is 8.06. The number of halogens is 1. The van der Waals surface area contributed by atoms with Gasteiger partial charge in [0.1, 0.15) is 17.8 Å². The number of hydrogen-bond acceptors (Lipinski definition) is 8. The standard InChI is InChI=1S/C32H33ClN6O2S/c1-21-35-18-29(42-21)23-4-7-28-27(17-23)36-31(39(28)19-26-11-15-40-26)20-38-13-9-25(10-14-38)41-32-8-12-34-30(37-32)16-22-2-5-24(33)6-3-22/h2-8,12,17-18,25-26H,9-11,13-16,19-20H2,1H3/t26-/m0/s1. The summed E-state index contributed by atoms with van der Waals surface area (Å²) in [5.41, 5.74) is 4.49. The summed E-state index contributed by atoms with van der Waals surface area (Å²) < 4.78 is 14.5. The predicted molar refractivity (Wildman–Crippen MR) is 165 cm³/mol. The number of imidazole rings is 1. The van der Waals surface area contributed by atoms with E-state index in [-0.39, 0.29) is 12.2 Å². The van der Waals surface area contributed by atoms with E-state index in [9.17, 15) is 0 Å². The number of aromatic nitrogens is 5. The molecule has 2 aliphatic heterocycles. The van der Waals surface area contributed by atoms with Crippen molar-refractivity contribution < 1.29 is 9.47 Å². The van der Waals surface area contributed by atoms with Crippen LogP contribution in [0.25, 0.3) is 21.5 Å². The molecule has 216 valence electrons. The highest BCUT2D eigenvalue weighted by Gasteiger charge is 2.26. The summed E-state index contributed by atoms with van der Waals surface area (Å²) in [6.07, 6.45) is 7.76. The van der Waals surface area contributed by atoms with E-state index < -0.39 is 0 Å². The molecule has 0 spiro atoms. The van der Waals surface area contributed by atoms with Crippen LogP contribution in [0.15, 0.2) is 60.9 Å². The second kappa shape index (κ2) is 12.1. The van der Waals surface area contributed by atoms with Gasteiger partial charge in [0.25, 0.3) is 0 Å². The second-order valence-corrected chi connectivity index (χ2v) is 12.7. The van der Waals surface area contributed by atoms with Crippen LogP contribution in [0.1, 0.15) is 41.5 Å². The van der Waals surface area contributed by atoms with E-state index >= 15 is 0 Å². The first-order chi connectivity index (χ1) is 20.6. The molecule has 0 saturated carbocycles. The number of benzene rings is 2. The number of fused-ring (bicyclic) bond motifs is 1. The van der Waals surface area contributed by atoms with Crippen molar-refractivity contribution in [2.24, 2.45) is 0 Å². The topological polar surface area (TPSA) is 78.2 Å². The van der Waals surface area contributed by atoms with Gasteiger partial charge in [-0.25, -0.2) is 15.0 Å². The summed E-state index contributed by atoms with van der Waals surface area (Å²) in [5, 5.41) is 1.80. The van der Waals surface area contributed by atoms with Crippen LogP contribution in [-0.2, 0) is 24.2 Å². The van der Waals surface area contributed by atoms with Crippen molar-refractivity contribution in [1.82, 2.24) is 29.4 Å². The van der Waals surface area contributed by atoms with Gasteiger partial charge in [-0.15, -0.1) is 11.3 Å². The molecule has 0 bridgehead atoms. The Labute approximate surface area is 254 Å². The number of hydrogen-bond donors (Lipinski definition) is 0. The van der Waals surface area contributed by atoms with E-state index in [1.807, 2.05) is 43.5 Å². The fourth-order valence-corrected chi connectivity index (χ4v) is 6.56.